The van der Waals surface area contributed by atoms with Gasteiger partial charge in [-0.25, -0.2) is 0 Å². The van der Waals surface area contributed by atoms with Gasteiger partial charge in [0.25, 0.3) is 0 Å². The summed E-state index contributed by atoms with van der Waals surface area (Å²) in [6, 6.07) is 7.85. The molecule has 5 heteroatoms. The monoisotopic (exact) mass is 373 g/mol. The SMILES string of the molecule is CC(C)(C)[Si](C)(C)OC[C@H](CN)COc1cccc(Br)c1. The van der Waals surface area contributed by atoms with Crippen molar-refractivity contribution in [1.82, 2.24) is 0 Å². The highest BCUT2D eigenvalue weighted by Crippen LogP contribution is 2.36. The third-order valence-corrected chi connectivity index (χ3v) is 9.10. The lowest BCUT2D eigenvalue weighted by atomic mass is 10.2. The van der Waals surface area contributed by atoms with Crippen LogP contribution >= 0.6 is 15.9 Å². The average Bonchev–Trinajstić information content (AvgIpc) is 2.37. The van der Waals surface area contributed by atoms with Gasteiger partial charge in [0.2, 0.25) is 0 Å². The van der Waals surface area contributed by atoms with Crippen LogP contribution in [0.4, 0.5) is 0 Å². The predicted molar refractivity (Wildman–Crippen MR) is 95.3 cm³/mol. The van der Waals surface area contributed by atoms with Gasteiger partial charge in [0.1, 0.15) is 5.75 Å². The number of benzene rings is 1. The smallest absolute Gasteiger partial charge is 0.191 e. The summed E-state index contributed by atoms with van der Waals surface area (Å²) in [7, 11) is -1.72. The van der Waals surface area contributed by atoms with Gasteiger partial charge in [-0.2, -0.15) is 0 Å². The zero-order chi connectivity index (χ0) is 16.1. The van der Waals surface area contributed by atoms with E-state index in [0.717, 1.165) is 10.2 Å². The van der Waals surface area contributed by atoms with Crippen LogP contribution in [-0.4, -0.2) is 28.1 Å². The molecule has 3 nitrogen and oxygen atoms in total. The quantitative estimate of drug-likeness (QED) is 0.719. The summed E-state index contributed by atoms with van der Waals surface area (Å²) in [5.41, 5.74) is 5.85. The summed E-state index contributed by atoms with van der Waals surface area (Å²) in [5.74, 6) is 1.08. The number of hydrogen-bond donors (Lipinski definition) is 1. The lowest BCUT2D eigenvalue weighted by Crippen LogP contribution is -2.43. The van der Waals surface area contributed by atoms with Crippen LogP contribution in [-0.2, 0) is 4.43 Å². The normalized spacial score (nSPS) is 14.0. The largest absolute Gasteiger partial charge is 0.493 e. The first-order chi connectivity index (χ1) is 9.65. The van der Waals surface area contributed by atoms with Crippen molar-refractivity contribution < 1.29 is 9.16 Å². The van der Waals surface area contributed by atoms with Crippen molar-refractivity contribution in [1.29, 1.82) is 0 Å². The molecule has 0 radical (unpaired) electrons. The predicted octanol–water partition coefficient (Wildman–Crippen LogP) is 4.42. The molecular formula is C16H28BrNO2Si. The van der Waals surface area contributed by atoms with Gasteiger partial charge in [0.05, 0.1) is 6.61 Å². The van der Waals surface area contributed by atoms with Crippen molar-refractivity contribution in [3.63, 3.8) is 0 Å². The van der Waals surface area contributed by atoms with Gasteiger partial charge in [-0.05, 0) is 36.3 Å². The van der Waals surface area contributed by atoms with Crippen LogP contribution in [0.2, 0.25) is 18.1 Å². The summed E-state index contributed by atoms with van der Waals surface area (Å²) in [4.78, 5) is 0. The Kier molecular flexibility index (Phi) is 6.91. The fourth-order valence-electron chi connectivity index (χ4n) is 1.50. The average molecular weight is 374 g/mol. The fourth-order valence-corrected chi connectivity index (χ4v) is 2.96. The zero-order valence-corrected chi connectivity index (χ0v) is 16.4. The lowest BCUT2D eigenvalue weighted by molar-refractivity contribution is 0.170. The molecule has 0 aliphatic heterocycles. The first-order valence-corrected chi connectivity index (χ1v) is 11.1. The van der Waals surface area contributed by atoms with E-state index in [0.29, 0.717) is 19.8 Å². The second-order valence-corrected chi connectivity index (χ2v) is 12.7. The molecular weight excluding hydrogens is 346 g/mol. The number of ether oxygens (including phenoxy) is 1. The minimum atomic E-state index is -1.72. The molecule has 0 saturated heterocycles. The molecule has 1 atom stereocenters. The third-order valence-electron chi connectivity index (χ3n) is 4.10. The minimum Gasteiger partial charge on any atom is -0.493 e. The van der Waals surface area contributed by atoms with Crippen LogP contribution in [0.5, 0.6) is 5.75 Å². The van der Waals surface area contributed by atoms with Gasteiger partial charge in [-0.15, -0.1) is 0 Å². The molecule has 1 aromatic carbocycles. The minimum absolute atomic E-state index is 0.220. The highest BCUT2D eigenvalue weighted by molar-refractivity contribution is 9.10. The van der Waals surface area contributed by atoms with Crippen LogP contribution in [0.25, 0.3) is 0 Å². The molecule has 0 aliphatic carbocycles. The Bertz CT molecular complexity index is 446. The fraction of sp³-hybridized carbons (Fsp3) is 0.625. The molecule has 0 saturated carbocycles. The number of hydrogen-bond acceptors (Lipinski definition) is 3. The molecule has 0 spiro atoms. The first kappa shape index (κ1) is 18.7. The van der Waals surface area contributed by atoms with Crippen LogP contribution < -0.4 is 10.5 Å². The van der Waals surface area contributed by atoms with E-state index in [1.54, 1.807) is 0 Å². The molecule has 1 aromatic rings. The number of halogens is 1. The molecule has 0 bridgehead atoms. The van der Waals surface area contributed by atoms with Crippen LogP contribution in [0.1, 0.15) is 20.8 Å². The molecule has 2 N–H and O–H groups in total. The Hall–Kier alpha value is -0.363. The van der Waals surface area contributed by atoms with Gasteiger partial charge in [0.15, 0.2) is 8.32 Å². The topological polar surface area (TPSA) is 44.5 Å². The standard InChI is InChI=1S/C16H28BrNO2Si/c1-16(2,3)21(4,5)20-12-13(10-18)11-19-15-8-6-7-14(17)9-15/h6-9,13H,10-12,18H2,1-5H3/t13-/m1/s1. The molecule has 0 unspecified atom stereocenters. The van der Waals surface area contributed by atoms with Gasteiger partial charge in [-0.3, -0.25) is 0 Å². The molecule has 0 amide bonds. The van der Waals surface area contributed by atoms with E-state index in [1.807, 2.05) is 24.3 Å². The molecule has 120 valence electrons. The summed E-state index contributed by atoms with van der Waals surface area (Å²) in [5, 5.41) is 0.220. The molecule has 1 rings (SSSR count). The van der Waals surface area contributed by atoms with Gasteiger partial charge in [-0.1, -0.05) is 42.8 Å². The maximum absolute atomic E-state index is 6.23. The summed E-state index contributed by atoms with van der Waals surface area (Å²) < 4.78 is 13.1. The van der Waals surface area contributed by atoms with Crippen molar-refractivity contribution >= 4 is 24.2 Å². The molecule has 21 heavy (non-hydrogen) atoms. The Morgan fingerprint density at radius 1 is 1.24 bits per heavy atom. The van der Waals surface area contributed by atoms with E-state index in [-0.39, 0.29) is 11.0 Å². The zero-order valence-electron chi connectivity index (χ0n) is 13.8. The van der Waals surface area contributed by atoms with E-state index in [9.17, 15) is 0 Å². The Morgan fingerprint density at radius 2 is 1.90 bits per heavy atom. The summed E-state index contributed by atoms with van der Waals surface area (Å²) in [6.45, 7) is 13.1. The van der Waals surface area contributed by atoms with Crippen molar-refractivity contribution in [3.05, 3.63) is 28.7 Å². The van der Waals surface area contributed by atoms with E-state index in [4.69, 9.17) is 14.9 Å². The molecule has 0 aliphatic rings. The number of nitrogens with two attached hydrogens (primary N) is 1. The van der Waals surface area contributed by atoms with Crippen molar-refractivity contribution in [2.45, 2.75) is 38.9 Å². The molecule has 0 fully saturated rings. The maximum atomic E-state index is 6.23. The molecule has 0 aromatic heterocycles. The lowest BCUT2D eigenvalue weighted by Gasteiger charge is -2.37. The van der Waals surface area contributed by atoms with Gasteiger partial charge < -0.3 is 14.9 Å². The maximum Gasteiger partial charge on any atom is 0.191 e. The Balaban J connectivity index is 2.49. The summed E-state index contributed by atoms with van der Waals surface area (Å²) in [6.07, 6.45) is 0. The summed E-state index contributed by atoms with van der Waals surface area (Å²) >= 11 is 3.44. The Morgan fingerprint density at radius 3 is 2.43 bits per heavy atom. The molecule has 0 heterocycles. The van der Waals surface area contributed by atoms with Crippen LogP contribution in [0.3, 0.4) is 0 Å². The highest BCUT2D eigenvalue weighted by Gasteiger charge is 2.37. The Labute approximate surface area is 138 Å². The van der Waals surface area contributed by atoms with E-state index in [2.05, 4.69) is 49.8 Å². The van der Waals surface area contributed by atoms with E-state index >= 15 is 0 Å². The van der Waals surface area contributed by atoms with Crippen LogP contribution in [0.15, 0.2) is 28.7 Å². The second-order valence-electron chi connectivity index (χ2n) is 6.94. The van der Waals surface area contributed by atoms with E-state index < -0.39 is 8.32 Å². The van der Waals surface area contributed by atoms with Crippen molar-refractivity contribution in [3.8, 4) is 5.75 Å². The van der Waals surface area contributed by atoms with Gasteiger partial charge >= 0.3 is 0 Å². The van der Waals surface area contributed by atoms with E-state index in [1.165, 1.54) is 0 Å². The van der Waals surface area contributed by atoms with Crippen molar-refractivity contribution in [2.75, 3.05) is 19.8 Å². The van der Waals surface area contributed by atoms with Crippen molar-refractivity contribution in [2.24, 2.45) is 11.7 Å². The van der Waals surface area contributed by atoms with Gasteiger partial charge in [0, 0.05) is 23.5 Å². The first-order valence-electron chi connectivity index (χ1n) is 7.38. The third kappa shape index (κ3) is 6.10. The number of rotatable bonds is 7. The second kappa shape index (κ2) is 7.77. The highest BCUT2D eigenvalue weighted by atomic mass is 79.9. The van der Waals surface area contributed by atoms with Crippen LogP contribution in [0, 0.1) is 5.92 Å².